The Kier molecular flexibility index (Phi) is 9.48. The standard InChI is InChI=1S/C34H28Cl2FN5O3S/c1-20-30(32(43)39-28-12-5-6-13-29(28)44-2)31(21-14-16-23(17-15-21)45-18-24-25(35)9-7-10-26(24)36)42-33(38-20)40-34(41-42)46-19-22-8-3-4-11-27(22)37/h3-17,31H,18-19H2,1-2H3,(H,39,43)(H,38,40,41). The Morgan fingerprint density at radius 3 is 2.46 bits per heavy atom. The van der Waals surface area contributed by atoms with Crippen LogP contribution in [-0.4, -0.2) is 27.8 Å². The summed E-state index contributed by atoms with van der Waals surface area (Å²) in [5.41, 5.74) is 3.58. The van der Waals surface area contributed by atoms with Crippen LogP contribution in [0.4, 0.5) is 16.0 Å². The van der Waals surface area contributed by atoms with Crippen LogP contribution in [0.15, 0.2) is 107 Å². The molecular formula is C34H28Cl2FN5O3S. The van der Waals surface area contributed by atoms with Gasteiger partial charge in [-0.1, -0.05) is 83.5 Å². The van der Waals surface area contributed by atoms with Crippen LogP contribution in [-0.2, 0) is 17.2 Å². The van der Waals surface area contributed by atoms with E-state index in [1.54, 1.807) is 60.3 Å². The first-order valence-electron chi connectivity index (χ1n) is 14.2. The van der Waals surface area contributed by atoms with Crippen molar-refractivity contribution >= 4 is 52.5 Å². The van der Waals surface area contributed by atoms with Crippen LogP contribution in [0, 0.1) is 5.82 Å². The van der Waals surface area contributed by atoms with E-state index in [-0.39, 0.29) is 18.3 Å². The topological polar surface area (TPSA) is 90.3 Å². The van der Waals surface area contributed by atoms with Gasteiger partial charge in [-0.25, -0.2) is 9.07 Å². The molecule has 0 saturated heterocycles. The van der Waals surface area contributed by atoms with Gasteiger partial charge in [0.15, 0.2) is 0 Å². The van der Waals surface area contributed by atoms with Gasteiger partial charge in [-0.05, 0) is 60.5 Å². The van der Waals surface area contributed by atoms with E-state index in [2.05, 4.69) is 15.6 Å². The van der Waals surface area contributed by atoms with Crippen molar-refractivity contribution < 1.29 is 18.7 Å². The number of amides is 1. The highest BCUT2D eigenvalue weighted by Crippen LogP contribution is 2.38. The number of nitrogens with zero attached hydrogens (tertiary/aromatic N) is 3. The Balaban J connectivity index is 1.31. The summed E-state index contributed by atoms with van der Waals surface area (Å²) in [5.74, 6) is 1.30. The van der Waals surface area contributed by atoms with Crippen molar-refractivity contribution in [3.63, 3.8) is 0 Å². The molecule has 1 aliphatic rings. The highest BCUT2D eigenvalue weighted by Gasteiger charge is 2.35. The van der Waals surface area contributed by atoms with Gasteiger partial charge in [0.1, 0.15) is 30.0 Å². The minimum absolute atomic E-state index is 0.187. The van der Waals surface area contributed by atoms with E-state index in [1.807, 2.05) is 43.3 Å². The van der Waals surface area contributed by atoms with Gasteiger partial charge in [0.2, 0.25) is 11.1 Å². The van der Waals surface area contributed by atoms with E-state index < -0.39 is 6.04 Å². The molecule has 6 rings (SSSR count). The Labute approximate surface area is 279 Å². The van der Waals surface area contributed by atoms with Crippen molar-refractivity contribution in [2.24, 2.45) is 0 Å². The predicted octanol–water partition coefficient (Wildman–Crippen LogP) is 8.53. The number of carbonyl (C=O) groups is 1. The number of rotatable bonds is 10. The van der Waals surface area contributed by atoms with E-state index in [9.17, 15) is 9.18 Å². The van der Waals surface area contributed by atoms with Gasteiger partial charge in [-0.15, -0.1) is 5.10 Å². The Bertz CT molecular complexity index is 1910. The first-order valence-corrected chi connectivity index (χ1v) is 16.0. The summed E-state index contributed by atoms with van der Waals surface area (Å²) < 4.78 is 27.4. The molecule has 8 nitrogen and oxygen atoms in total. The number of hydrogen-bond acceptors (Lipinski definition) is 7. The van der Waals surface area contributed by atoms with E-state index in [0.29, 0.717) is 66.5 Å². The minimum Gasteiger partial charge on any atom is -0.495 e. The maximum absolute atomic E-state index is 14.3. The van der Waals surface area contributed by atoms with E-state index in [1.165, 1.54) is 17.8 Å². The number of fused-ring (bicyclic) bond motifs is 1. The lowest BCUT2D eigenvalue weighted by molar-refractivity contribution is -0.113. The number of benzene rings is 4. The minimum atomic E-state index is -0.645. The van der Waals surface area contributed by atoms with Gasteiger partial charge >= 0.3 is 0 Å². The monoisotopic (exact) mass is 675 g/mol. The fourth-order valence-corrected chi connectivity index (χ4v) is 6.38. The number of ether oxygens (including phenoxy) is 2. The number of methoxy groups -OCH3 is 1. The van der Waals surface area contributed by atoms with Gasteiger partial charge in [0, 0.05) is 27.1 Å². The second-order valence-electron chi connectivity index (χ2n) is 10.3. The molecule has 0 radical (unpaired) electrons. The second-order valence-corrected chi connectivity index (χ2v) is 12.1. The van der Waals surface area contributed by atoms with Crippen LogP contribution in [0.5, 0.6) is 11.5 Å². The summed E-state index contributed by atoms with van der Waals surface area (Å²) >= 11 is 13.9. The third-order valence-corrected chi connectivity index (χ3v) is 8.98. The number of thioether (sulfide) groups is 1. The van der Waals surface area contributed by atoms with Gasteiger partial charge in [0.25, 0.3) is 5.91 Å². The molecule has 1 aromatic heterocycles. The van der Waals surface area contributed by atoms with Crippen LogP contribution in [0.3, 0.4) is 0 Å². The number of anilines is 2. The van der Waals surface area contributed by atoms with Crippen LogP contribution in [0.25, 0.3) is 0 Å². The molecule has 0 fully saturated rings. The van der Waals surface area contributed by atoms with E-state index in [0.717, 1.165) is 5.56 Å². The van der Waals surface area contributed by atoms with Crippen molar-refractivity contribution in [1.29, 1.82) is 0 Å². The Hall–Kier alpha value is -4.51. The van der Waals surface area contributed by atoms with Crippen molar-refractivity contribution in [2.45, 2.75) is 30.5 Å². The molecule has 1 atom stereocenters. The quantitative estimate of drug-likeness (QED) is 0.143. The number of para-hydroxylation sites is 2. The zero-order chi connectivity index (χ0) is 32.2. The summed E-state index contributed by atoms with van der Waals surface area (Å²) in [6.07, 6.45) is 0. The molecule has 0 aliphatic carbocycles. The molecule has 12 heteroatoms. The van der Waals surface area contributed by atoms with Gasteiger partial charge in [-0.3, -0.25) is 4.79 Å². The molecule has 4 aromatic carbocycles. The smallest absolute Gasteiger partial charge is 0.255 e. The average Bonchev–Trinajstić information content (AvgIpc) is 3.46. The van der Waals surface area contributed by atoms with Crippen LogP contribution >= 0.6 is 35.0 Å². The zero-order valence-corrected chi connectivity index (χ0v) is 27.1. The van der Waals surface area contributed by atoms with Crippen LogP contribution in [0.1, 0.15) is 29.7 Å². The Morgan fingerprint density at radius 1 is 1.00 bits per heavy atom. The van der Waals surface area contributed by atoms with Crippen LogP contribution in [0.2, 0.25) is 10.0 Å². The maximum Gasteiger partial charge on any atom is 0.255 e. The Morgan fingerprint density at radius 2 is 1.72 bits per heavy atom. The normalized spacial score (nSPS) is 14.0. The van der Waals surface area contributed by atoms with Gasteiger partial charge in [-0.2, -0.15) is 4.98 Å². The lowest BCUT2D eigenvalue weighted by Crippen LogP contribution is -2.31. The number of halogens is 3. The molecule has 2 N–H and O–H groups in total. The molecule has 2 heterocycles. The number of aromatic nitrogens is 3. The number of nitrogens with one attached hydrogen (secondary N) is 2. The van der Waals surface area contributed by atoms with Crippen molar-refractivity contribution in [3.8, 4) is 11.5 Å². The molecule has 1 unspecified atom stereocenters. The molecule has 0 spiro atoms. The largest absolute Gasteiger partial charge is 0.495 e. The molecule has 234 valence electrons. The summed E-state index contributed by atoms with van der Waals surface area (Å²) in [4.78, 5) is 18.6. The molecular weight excluding hydrogens is 648 g/mol. The third-order valence-electron chi connectivity index (χ3n) is 7.39. The summed E-state index contributed by atoms with van der Waals surface area (Å²) in [6, 6.07) is 25.8. The SMILES string of the molecule is COc1ccccc1NC(=O)C1=C(C)Nc2nc(SCc3ccccc3F)nn2C1c1ccc(OCc2c(Cl)cccc2Cl)cc1. The lowest BCUT2D eigenvalue weighted by atomic mass is 9.95. The van der Waals surface area contributed by atoms with Crippen molar-refractivity contribution in [3.05, 3.63) is 135 Å². The molecule has 0 saturated carbocycles. The van der Waals surface area contributed by atoms with Crippen LogP contribution < -0.4 is 20.1 Å². The third kappa shape index (κ3) is 6.69. The molecule has 46 heavy (non-hydrogen) atoms. The highest BCUT2D eigenvalue weighted by atomic mass is 35.5. The van der Waals surface area contributed by atoms with Crippen molar-refractivity contribution in [2.75, 3.05) is 17.7 Å². The number of allylic oxidation sites excluding steroid dienone is 1. The maximum atomic E-state index is 14.3. The van der Waals surface area contributed by atoms with E-state index in [4.69, 9.17) is 37.8 Å². The summed E-state index contributed by atoms with van der Waals surface area (Å²) in [5, 5.41) is 12.5. The average molecular weight is 677 g/mol. The zero-order valence-electron chi connectivity index (χ0n) is 24.8. The second kappa shape index (κ2) is 13.9. The first kappa shape index (κ1) is 31.5. The van der Waals surface area contributed by atoms with Gasteiger partial charge < -0.3 is 20.1 Å². The molecule has 0 bridgehead atoms. The fraction of sp³-hybridized carbons (Fsp3) is 0.147. The number of carbonyl (C=O) groups excluding carboxylic acids is 1. The first-order chi connectivity index (χ1) is 22.3. The summed E-state index contributed by atoms with van der Waals surface area (Å²) in [6.45, 7) is 2.01. The molecule has 5 aromatic rings. The highest BCUT2D eigenvalue weighted by molar-refractivity contribution is 7.98. The molecule has 1 aliphatic heterocycles. The molecule has 1 amide bonds. The number of hydrogen-bond donors (Lipinski definition) is 2. The van der Waals surface area contributed by atoms with Crippen molar-refractivity contribution in [1.82, 2.24) is 14.8 Å². The predicted molar refractivity (Wildman–Crippen MR) is 179 cm³/mol. The summed E-state index contributed by atoms with van der Waals surface area (Å²) in [7, 11) is 1.55. The van der Waals surface area contributed by atoms with Gasteiger partial charge in [0.05, 0.1) is 18.4 Å². The van der Waals surface area contributed by atoms with E-state index >= 15 is 0 Å². The lowest BCUT2D eigenvalue weighted by Gasteiger charge is -2.29. The fourth-order valence-electron chi connectivity index (χ4n) is 5.06.